The molecule has 228 valence electrons. The van der Waals surface area contributed by atoms with E-state index in [-0.39, 0.29) is 24.3 Å². The number of ether oxygens (including phenoxy) is 1. The zero-order chi connectivity index (χ0) is 32.2. The van der Waals surface area contributed by atoms with Crippen molar-refractivity contribution in [3.8, 4) is 0 Å². The van der Waals surface area contributed by atoms with Gasteiger partial charge >= 0.3 is 0 Å². The van der Waals surface area contributed by atoms with Gasteiger partial charge in [0.2, 0.25) is 11.6 Å². The normalized spacial score (nSPS) is 13.0. The Bertz CT molecular complexity index is 1560. The van der Waals surface area contributed by atoms with E-state index in [1.807, 2.05) is 0 Å². The van der Waals surface area contributed by atoms with Gasteiger partial charge in [0.15, 0.2) is 46.5 Å². The Kier molecular flexibility index (Phi) is 9.19. The highest BCUT2D eigenvalue weighted by Crippen LogP contribution is 2.43. The maximum Gasteiger partial charge on any atom is 0.200 e. The summed E-state index contributed by atoms with van der Waals surface area (Å²) in [5.74, 6) is -33.3. The fourth-order valence-corrected chi connectivity index (χ4v) is 4.38. The first-order valence-electron chi connectivity index (χ1n) is 11.0. The minimum Gasteiger partial charge on any atom is -0.356 e. The van der Waals surface area contributed by atoms with Crippen LogP contribution in [-0.4, -0.2) is 0 Å². The van der Waals surface area contributed by atoms with Gasteiger partial charge in [0.1, 0.15) is 35.5 Å². The van der Waals surface area contributed by atoms with Crippen molar-refractivity contribution in [2.45, 2.75) is 12.2 Å². The molecule has 0 saturated carbocycles. The first-order chi connectivity index (χ1) is 20.0. The molecule has 4 rings (SSSR count). The number of hydrogen-bond acceptors (Lipinski definition) is 1. The smallest absolute Gasteiger partial charge is 0.200 e. The quantitative estimate of drug-likeness (QED) is 0.108. The molecule has 1 nitrogen and oxygen atoms in total. The van der Waals surface area contributed by atoms with Crippen LogP contribution in [0.3, 0.4) is 0 Å². The van der Waals surface area contributed by atoms with Gasteiger partial charge in [-0.3, -0.25) is 0 Å². The second-order valence-electron chi connectivity index (χ2n) is 8.46. The van der Waals surface area contributed by atoms with Crippen LogP contribution in [-0.2, 0) is 4.74 Å². The second kappa shape index (κ2) is 12.1. The molecule has 0 N–H and O–H groups in total. The molecule has 0 saturated heterocycles. The predicted octanol–water partition coefficient (Wildman–Crippen LogP) is 10.1. The van der Waals surface area contributed by atoms with Crippen molar-refractivity contribution >= 4 is 31.9 Å². The number of hydrogen-bond donors (Lipinski definition) is 0. The van der Waals surface area contributed by atoms with Crippen molar-refractivity contribution in [3.05, 3.63) is 137 Å². The van der Waals surface area contributed by atoms with E-state index in [4.69, 9.17) is 4.74 Å². The van der Waals surface area contributed by atoms with Gasteiger partial charge < -0.3 is 4.74 Å². The Morgan fingerprint density at radius 1 is 0.372 bits per heavy atom. The van der Waals surface area contributed by atoms with Crippen molar-refractivity contribution in [1.82, 2.24) is 0 Å². The minimum absolute atomic E-state index is 0.189. The molecular weight excluding hydrogens is 754 g/mol. The lowest BCUT2D eigenvalue weighted by molar-refractivity contribution is 0.0203. The monoisotopic (exact) mass is 758 g/mol. The Labute approximate surface area is 246 Å². The van der Waals surface area contributed by atoms with Gasteiger partial charge in [-0.15, -0.1) is 0 Å². The fraction of sp³-hybridized carbons (Fsp3) is 0.0769. The summed E-state index contributed by atoms with van der Waals surface area (Å²) in [6.07, 6.45) is -6.09. The fourth-order valence-electron chi connectivity index (χ4n) is 3.92. The van der Waals surface area contributed by atoms with E-state index in [9.17, 15) is 61.5 Å². The van der Waals surface area contributed by atoms with E-state index in [2.05, 4.69) is 31.9 Å². The van der Waals surface area contributed by atoms with E-state index >= 15 is 0 Å². The van der Waals surface area contributed by atoms with Crippen LogP contribution in [0, 0.1) is 81.4 Å². The van der Waals surface area contributed by atoms with Gasteiger partial charge in [0, 0.05) is 0 Å². The van der Waals surface area contributed by atoms with Gasteiger partial charge in [0.25, 0.3) is 0 Å². The minimum atomic E-state index is -3.04. The molecule has 4 aromatic rings. The lowest BCUT2D eigenvalue weighted by atomic mass is 9.95. The van der Waals surface area contributed by atoms with Gasteiger partial charge in [-0.25, -0.2) is 61.5 Å². The average molecular weight is 760 g/mol. The Hall–Kier alpha value is -3.18. The van der Waals surface area contributed by atoms with E-state index in [0.29, 0.717) is 0 Å². The van der Waals surface area contributed by atoms with Gasteiger partial charge in [-0.1, -0.05) is 0 Å². The summed E-state index contributed by atoms with van der Waals surface area (Å²) < 4.78 is 205. The summed E-state index contributed by atoms with van der Waals surface area (Å²) in [7, 11) is 0. The Balaban J connectivity index is 2.13. The van der Waals surface area contributed by atoms with E-state index in [0.717, 1.165) is 0 Å². The van der Waals surface area contributed by atoms with Crippen LogP contribution in [0.25, 0.3) is 0 Å². The molecule has 0 bridgehead atoms. The molecule has 0 radical (unpaired) electrons. The summed E-state index contributed by atoms with van der Waals surface area (Å²) in [5, 5.41) is 0. The largest absolute Gasteiger partial charge is 0.356 e. The molecule has 2 atom stereocenters. The number of halogens is 16. The van der Waals surface area contributed by atoms with Crippen LogP contribution in [0.15, 0.2) is 33.2 Å². The molecule has 2 unspecified atom stereocenters. The molecule has 43 heavy (non-hydrogen) atoms. The standard InChI is InChI=1S/C26H6Br2F14O/c27-13-7(29)1-5(2-8(13)30)25(11-15(33)19(37)23(41)20(38)16(11)34)43-26(6-3-9(31)14(28)10(32)4-6)12-17(35)21(39)24(42)22(40)18(12)36/h1-4,25-26H. The molecule has 0 fully saturated rings. The van der Waals surface area contributed by atoms with Crippen molar-refractivity contribution in [2.75, 3.05) is 0 Å². The van der Waals surface area contributed by atoms with Crippen molar-refractivity contribution in [3.63, 3.8) is 0 Å². The zero-order valence-electron chi connectivity index (χ0n) is 19.9. The number of rotatable bonds is 6. The van der Waals surface area contributed by atoms with E-state index in [1.54, 1.807) is 0 Å². The summed E-state index contributed by atoms with van der Waals surface area (Å²) in [4.78, 5) is 0. The van der Waals surface area contributed by atoms with Crippen LogP contribution < -0.4 is 0 Å². The third-order valence-corrected chi connectivity index (χ3v) is 7.42. The third-order valence-electron chi connectivity index (χ3n) is 5.90. The molecular formula is C26H6Br2F14O. The Morgan fingerprint density at radius 2 is 0.581 bits per heavy atom. The second-order valence-corrected chi connectivity index (χ2v) is 10.0. The summed E-state index contributed by atoms with van der Waals surface area (Å²) in [6.45, 7) is 0. The van der Waals surface area contributed by atoms with Crippen LogP contribution >= 0.6 is 31.9 Å². The van der Waals surface area contributed by atoms with Crippen LogP contribution in [0.4, 0.5) is 61.5 Å². The SMILES string of the molecule is Fc1cc(C(OC(c2cc(F)c(Br)c(F)c2)c2c(F)c(F)c(F)c(F)c2F)c2c(F)c(F)c(F)c(F)c2F)cc(F)c1Br. The van der Waals surface area contributed by atoms with Gasteiger partial charge in [-0.2, -0.15) is 0 Å². The molecule has 0 aliphatic heterocycles. The van der Waals surface area contributed by atoms with Crippen molar-refractivity contribution in [1.29, 1.82) is 0 Å². The number of benzene rings is 4. The molecule has 17 heteroatoms. The predicted molar refractivity (Wildman–Crippen MR) is 125 cm³/mol. The van der Waals surface area contributed by atoms with E-state index in [1.165, 1.54) is 0 Å². The first kappa shape index (κ1) is 32.7. The third kappa shape index (κ3) is 5.61. The van der Waals surface area contributed by atoms with Crippen molar-refractivity contribution < 1.29 is 66.2 Å². The average Bonchev–Trinajstić information content (AvgIpc) is 2.96. The lowest BCUT2D eigenvalue weighted by Crippen LogP contribution is -2.21. The Morgan fingerprint density at radius 3 is 0.814 bits per heavy atom. The first-order valence-corrected chi connectivity index (χ1v) is 12.5. The summed E-state index contributed by atoms with van der Waals surface area (Å²) in [6, 6.07) is 0.755. The molecule has 0 aliphatic rings. The highest BCUT2D eigenvalue weighted by atomic mass is 79.9. The van der Waals surface area contributed by atoms with Crippen LogP contribution in [0.1, 0.15) is 34.5 Å². The molecule has 0 heterocycles. The molecule has 0 aromatic heterocycles. The molecule has 0 aliphatic carbocycles. The van der Waals surface area contributed by atoms with Crippen LogP contribution in [0.5, 0.6) is 0 Å². The maximum atomic E-state index is 15.0. The zero-order valence-corrected chi connectivity index (χ0v) is 23.1. The highest BCUT2D eigenvalue weighted by molar-refractivity contribution is 9.10. The van der Waals surface area contributed by atoms with Crippen molar-refractivity contribution in [2.24, 2.45) is 0 Å². The molecule has 0 amide bonds. The van der Waals surface area contributed by atoms with Gasteiger partial charge in [0.05, 0.1) is 20.1 Å². The maximum absolute atomic E-state index is 15.0. The van der Waals surface area contributed by atoms with Crippen LogP contribution in [0.2, 0.25) is 0 Å². The van der Waals surface area contributed by atoms with Gasteiger partial charge in [-0.05, 0) is 67.3 Å². The highest BCUT2D eigenvalue weighted by Gasteiger charge is 2.38. The molecule has 0 spiro atoms. The topological polar surface area (TPSA) is 9.23 Å². The van der Waals surface area contributed by atoms with E-state index < -0.39 is 125 Å². The molecule has 4 aromatic carbocycles. The lowest BCUT2D eigenvalue weighted by Gasteiger charge is -2.28. The summed E-state index contributed by atoms with van der Waals surface area (Å²) in [5.41, 5.74) is -6.50. The summed E-state index contributed by atoms with van der Waals surface area (Å²) >= 11 is 4.91.